The summed E-state index contributed by atoms with van der Waals surface area (Å²) in [6, 6.07) is 10.4. The fraction of sp³-hybridized carbons (Fsp3) is 0.312. The van der Waals surface area contributed by atoms with E-state index in [2.05, 4.69) is 24.3 Å². The van der Waals surface area contributed by atoms with Crippen molar-refractivity contribution in [2.75, 3.05) is 19.7 Å². The first-order valence-electron chi connectivity index (χ1n) is 7.04. The van der Waals surface area contributed by atoms with Crippen molar-refractivity contribution in [2.45, 2.75) is 13.0 Å². The van der Waals surface area contributed by atoms with E-state index in [0.717, 1.165) is 4.88 Å². The van der Waals surface area contributed by atoms with E-state index in [1.807, 2.05) is 17.9 Å². The molecule has 2 aromatic heterocycles. The van der Waals surface area contributed by atoms with Crippen molar-refractivity contribution in [3.8, 4) is 0 Å². The Hall–Kier alpha value is -1.43. The van der Waals surface area contributed by atoms with E-state index in [1.54, 1.807) is 22.7 Å². The predicted molar refractivity (Wildman–Crippen MR) is 88.5 cm³/mol. The lowest BCUT2D eigenvalue weighted by molar-refractivity contribution is -0.0122. The molecular formula is C16H15NO2S2. The molecule has 0 aliphatic carbocycles. The van der Waals surface area contributed by atoms with Crippen molar-refractivity contribution in [1.82, 2.24) is 4.90 Å². The summed E-state index contributed by atoms with van der Waals surface area (Å²) in [5, 5.41) is 1.26. The van der Waals surface area contributed by atoms with Crippen LogP contribution in [0.1, 0.15) is 16.6 Å². The van der Waals surface area contributed by atoms with E-state index in [4.69, 9.17) is 4.74 Å². The summed E-state index contributed by atoms with van der Waals surface area (Å²) in [4.78, 5) is 15.4. The number of rotatable bonds is 1. The van der Waals surface area contributed by atoms with Crippen LogP contribution in [0.4, 0.5) is 0 Å². The van der Waals surface area contributed by atoms with Crippen LogP contribution in [-0.4, -0.2) is 36.6 Å². The molecule has 0 saturated carbocycles. The summed E-state index contributed by atoms with van der Waals surface area (Å²) in [6.07, 6.45) is 0.129. The topological polar surface area (TPSA) is 29.5 Å². The zero-order valence-electron chi connectivity index (χ0n) is 11.7. The molecule has 1 fully saturated rings. The summed E-state index contributed by atoms with van der Waals surface area (Å²) >= 11 is 3.38. The van der Waals surface area contributed by atoms with Crippen LogP contribution in [0.5, 0.6) is 0 Å². The van der Waals surface area contributed by atoms with Crippen LogP contribution in [0.15, 0.2) is 30.3 Å². The van der Waals surface area contributed by atoms with Gasteiger partial charge in [-0.05, 0) is 19.1 Å². The molecule has 0 radical (unpaired) electrons. The van der Waals surface area contributed by atoms with E-state index in [1.165, 1.54) is 19.5 Å². The maximum atomic E-state index is 12.6. The predicted octanol–water partition coefficient (Wildman–Crippen LogP) is 3.98. The SMILES string of the molecule is C[C@H]1CN(C(=O)c2cc3sc4ccccc4c3s2)CCO1. The quantitative estimate of drug-likeness (QED) is 0.679. The Kier molecular flexibility index (Phi) is 3.21. The van der Waals surface area contributed by atoms with Crippen LogP contribution in [-0.2, 0) is 4.74 Å². The van der Waals surface area contributed by atoms with Crippen molar-refractivity contribution >= 4 is 48.1 Å². The Bertz CT molecular complexity index is 820. The number of carbonyl (C=O) groups excluding carboxylic acids is 1. The largest absolute Gasteiger partial charge is 0.375 e. The molecule has 1 aromatic carbocycles. The van der Waals surface area contributed by atoms with E-state index in [0.29, 0.717) is 19.7 Å². The standard InChI is InChI=1S/C16H15NO2S2/c1-10-9-17(6-7-19-10)16(18)14-8-13-15(21-14)11-4-2-3-5-12(11)20-13/h2-5,8,10H,6-7,9H2,1H3/t10-/m0/s1. The first-order valence-corrected chi connectivity index (χ1v) is 8.67. The summed E-state index contributed by atoms with van der Waals surface area (Å²) in [5.41, 5.74) is 0. The van der Waals surface area contributed by atoms with Gasteiger partial charge in [-0.2, -0.15) is 0 Å². The third-order valence-electron chi connectivity index (χ3n) is 3.79. The molecule has 1 aliphatic rings. The first-order chi connectivity index (χ1) is 10.2. The second kappa shape index (κ2) is 5.09. The number of nitrogens with zero attached hydrogens (tertiary/aromatic N) is 1. The number of carbonyl (C=O) groups is 1. The molecule has 1 amide bonds. The van der Waals surface area contributed by atoms with Gasteiger partial charge in [0.2, 0.25) is 0 Å². The Morgan fingerprint density at radius 3 is 3.00 bits per heavy atom. The second-order valence-corrected chi connectivity index (χ2v) is 7.47. The number of ether oxygens (including phenoxy) is 1. The van der Waals surface area contributed by atoms with Gasteiger partial charge in [0.05, 0.1) is 22.3 Å². The average molecular weight is 317 g/mol. The van der Waals surface area contributed by atoms with Crippen molar-refractivity contribution in [3.05, 3.63) is 35.2 Å². The smallest absolute Gasteiger partial charge is 0.264 e. The third-order valence-corrected chi connectivity index (χ3v) is 6.19. The van der Waals surface area contributed by atoms with E-state index in [9.17, 15) is 4.79 Å². The van der Waals surface area contributed by atoms with Gasteiger partial charge in [-0.1, -0.05) is 18.2 Å². The number of hydrogen-bond donors (Lipinski definition) is 0. The number of fused-ring (bicyclic) bond motifs is 3. The van der Waals surface area contributed by atoms with Gasteiger partial charge in [-0.25, -0.2) is 0 Å². The molecule has 0 bridgehead atoms. The number of morpholine rings is 1. The lowest BCUT2D eigenvalue weighted by Gasteiger charge is -2.30. The number of amides is 1. The molecule has 21 heavy (non-hydrogen) atoms. The van der Waals surface area contributed by atoms with Gasteiger partial charge in [0.25, 0.3) is 5.91 Å². The highest BCUT2D eigenvalue weighted by Crippen LogP contribution is 2.39. The molecule has 1 aliphatic heterocycles. The van der Waals surface area contributed by atoms with E-state index in [-0.39, 0.29) is 12.0 Å². The number of thiophene rings is 2. The molecule has 3 aromatic rings. The van der Waals surface area contributed by atoms with E-state index < -0.39 is 0 Å². The van der Waals surface area contributed by atoms with Crippen molar-refractivity contribution in [1.29, 1.82) is 0 Å². The van der Waals surface area contributed by atoms with Crippen molar-refractivity contribution in [2.24, 2.45) is 0 Å². The van der Waals surface area contributed by atoms with Crippen LogP contribution in [0.25, 0.3) is 19.5 Å². The molecule has 1 saturated heterocycles. The summed E-state index contributed by atoms with van der Waals surface area (Å²) in [7, 11) is 0. The molecular weight excluding hydrogens is 302 g/mol. The summed E-state index contributed by atoms with van der Waals surface area (Å²) in [6.45, 7) is 4.02. The minimum Gasteiger partial charge on any atom is -0.375 e. The summed E-state index contributed by atoms with van der Waals surface area (Å²) in [5.74, 6) is 0.141. The number of benzene rings is 1. The minimum atomic E-state index is 0.129. The Labute approximate surface area is 130 Å². The van der Waals surface area contributed by atoms with Crippen LogP contribution >= 0.6 is 22.7 Å². The van der Waals surface area contributed by atoms with Crippen LogP contribution < -0.4 is 0 Å². The Balaban J connectivity index is 1.71. The fourth-order valence-corrected chi connectivity index (χ4v) is 5.26. The van der Waals surface area contributed by atoms with Crippen LogP contribution in [0.2, 0.25) is 0 Å². The van der Waals surface area contributed by atoms with Crippen molar-refractivity contribution in [3.63, 3.8) is 0 Å². The van der Waals surface area contributed by atoms with Gasteiger partial charge in [0.15, 0.2) is 0 Å². The maximum absolute atomic E-state index is 12.6. The van der Waals surface area contributed by atoms with Gasteiger partial charge in [-0.3, -0.25) is 4.79 Å². The molecule has 0 N–H and O–H groups in total. The lowest BCUT2D eigenvalue weighted by atomic mass is 10.2. The monoisotopic (exact) mass is 317 g/mol. The minimum absolute atomic E-state index is 0.129. The van der Waals surface area contributed by atoms with Crippen molar-refractivity contribution < 1.29 is 9.53 Å². The molecule has 1 atom stereocenters. The van der Waals surface area contributed by atoms with Gasteiger partial charge < -0.3 is 9.64 Å². The highest BCUT2D eigenvalue weighted by molar-refractivity contribution is 7.33. The van der Waals surface area contributed by atoms with Crippen LogP contribution in [0.3, 0.4) is 0 Å². The van der Waals surface area contributed by atoms with Gasteiger partial charge >= 0.3 is 0 Å². The molecule has 0 unspecified atom stereocenters. The lowest BCUT2D eigenvalue weighted by Crippen LogP contribution is -2.44. The third kappa shape index (κ3) is 2.25. The van der Waals surface area contributed by atoms with E-state index >= 15 is 0 Å². The summed E-state index contributed by atoms with van der Waals surface area (Å²) < 4.78 is 9.25. The average Bonchev–Trinajstić information content (AvgIpc) is 3.04. The highest BCUT2D eigenvalue weighted by Gasteiger charge is 2.24. The highest BCUT2D eigenvalue weighted by atomic mass is 32.1. The zero-order valence-corrected chi connectivity index (χ0v) is 13.3. The first kappa shape index (κ1) is 13.2. The maximum Gasteiger partial charge on any atom is 0.264 e. The molecule has 5 heteroatoms. The number of hydrogen-bond acceptors (Lipinski definition) is 4. The normalized spacial score (nSPS) is 19.5. The molecule has 4 rings (SSSR count). The zero-order chi connectivity index (χ0) is 14.4. The Morgan fingerprint density at radius 1 is 1.29 bits per heavy atom. The van der Waals surface area contributed by atoms with Gasteiger partial charge in [0, 0.05) is 27.9 Å². The van der Waals surface area contributed by atoms with Crippen LogP contribution in [0, 0.1) is 0 Å². The molecule has 3 nitrogen and oxygen atoms in total. The molecule has 3 heterocycles. The second-order valence-electron chi connectivity index (χ2n) is 5.33. The fourth-order valence-electron chi connectivity index (χ4n) is 2.76. The Morgan fingerprint density at radius 2 is 2.14 bits per heavy atom. The van der Waals surface area contributed by atoms with Gasteiger partial charge in [0.1, 0.15) is 0 Å². The molecule has 108 valence electrons. The molecule has 0 spiro atoms. The van der Waals surface area contributed by atoms with Gasteiger partial charge in [-0.15, -0.1) is 22.7 Å².